The SMILES string of the molecule is CCCCOP(=O)(O[SiH3])OP(=O)(O)OP(=O)(O)O. The Hall–Kier alpha value is 0.627. The highest BCUT2D eigenvalue weighted by atomic mass is 31.3. The van der Waals surface area contributed by atoms with Crippen LogP contribution in [0.1, 0.15) is 19.8 Å². The van der Waals surface area contributed by atoms with Crippen LogP contribution in [0.25, 0.3) is 0 Å². The fourth-order valence-corrected chi connectivity index (χ4v) is 5.01. The summed E-state index contributed by atoms with van der Waals surface area (Å²) in [4.78, 5) is 25.7. The average molecular weight is 344 g/mol. The fraction of sp³-hybridized carbons (Fsp3) is 1.00. The molecule has 0 saturated heterocycles. The van der Waals surface area contributed by atoms with Crippen LogP contribution in [-0.4, -0.2) is 31.8 Å². The highest BCUT2D eigenvalue weighted by molar-refractivity contribution is 7.67. The minimum atomic E-state index is -5.27. The lowest BCUT2D eigenvalue weighted by atomic mass is 10.4. The van der Waals surface area contributed by atoms with Gasteiger partial charge in [0.25, 0.3) is 0 Å². The first-order valence-electron chi connectivity index (χ1n) is 4.65. The van der Waals surface area contributed by atoms with Gasteiger partial charge < -0.3 is 18.9 Å². The van der Waals surface area contributed by atoms with Crippen molar-refractivity contribution in [2.24, 2.45) is 0 Å². The quantitative estimate of drug-likeness (QED) is 0.305. The number of phosphoric acid groups is 3. The number of rotatable bonds is 9. The van der Waals surface area contributed by atoms with Gasteiger partial charge in [-0.15, -0.1) is 0 Å². The Bertz CT molecular complexity index is 391. The molecular formula is C4H15O10P3Si. The lowest BCUT2D eigenvalue weighted by molar-refractivity contribution is 0.177. The van der Waals surface area contributed by atoms with E-state index in [2.05, 4.69) is 17.4 Å². The molecule has 0 aliphatic heterocycles. The van der Waals surface area contributed by atoms with E-state index in [1.807, 2.05) is 6.92 Å². The van der Waals surface area contributed by atoms with Crippen LogP contribution in [0.2, 0.25) is 0 Å². The van der Waals surface area contributed by atoms with Crippen LogP contribution in [0.15, 0.2) is 0 Å². The lowest BCUT2D eigenvalue weighted by Crippen LogP contribution is -2.00. The van der Waals surface area contributed by atoms with E-state index in [1.165, 1.54) is 0 Å². The second-order valence-corrected chi connectivity index (χ2v) is 8.78. The van der Waals surface area contributed by atoms with Gasteiger partial charge in [-0.05, 0) is 6.42 Å². The van der Waals surface area contributed by atoms with Crippen LogP contribution in [0.4, 0.5) is 0 Å². The zero-order valence-electron chi connectivity index (χ0n) is 9.66. The van der Waals surface area contributed by atoms with Gasteiger partial charge in [-0.25, -0.2) is 13.7 Å². The van der Waals surface area contributed by atoms with Crippen LogP contribution in [0, 0.1) is 0 Å². The summed E-state index contributed by atoms with van der Waals surface area (Å²) in [7, 11) is -15.0. The summed E-state index contributed by atoms with van der Waals surface area (Å²) in [5.74, 6) is 0. The molecule has 0 bridgehead atoms. The first-order chi connectivity index (χ1) is 8.04. The summed E-state index contributed by atoms with van der Waals surface area (Å²) in [5, 5.41) is 0. The topological polar surface area (TPSA) is 149 Å². The summed E-state index contributed by atoms with van der Waals surface area (Å²) >= 11 is 0. The summed E-state index contributed by atoms with van der Waals surface area (Å²) in [6.07, 6.45) is 1.20. The van der Waals surface area contributed by atoms with Gasteiger partial charge in [0, 0.05) is 0 Å². The van der Waals surface area contributed by atoms with Crippen molar-refractivity contribution < 1.29 is 45.7 Å². The van der Waals surface area contributed by atoms with E-state index in [4.69, 9.17) is 14.7 Å². The van der Waals surface area contributed by atoms with Crippen LogP contribution in [0.5, 0.6) is 0 Å². The predicted octanol–water partition coefficient (Wildman–Crippen LogP) is 0.434. The van der Waals surface area contributed by atoms with Crippen molar-refractivity contribution >= 4 is 34.0 Å². The highest BCUT2D eigenvalue weighted by Gasteiger charge is 2.41. The second kappa shape index (κ2) is 7.42. The third-order valence-corrected chi connectivity index (χ3v) is 6.97. The molecule has 0 aliphatic carbocycles. The van der Waals surface area contributed by atoms with E-state index in [1.54, 1.807) is 0 Å². The maximum absolute atomic E-state index is 11.7. The smallest absolute Gasteiger partial charge is 0.341 e. The van der Waals surface area contributed by atoms with Crippen LogP contribution >= 0.6 is 23.5 Å². The molecule has 10 nitrogen and oxygen atoms in total. The molecule has 0 spiro atoms. The molecule has 18 heavy (non-hydrogen) atoms. The molecule has 0 radical (unpaired) electrons. The Balaban J connectivity index is 4.65. The Labute approximate surface area is 107 Å². The maximum Gasteiger partial charge on any atom is 0.490 e. The van der Waals surface area contributed by atoms with E-state index in [9.17, 15) is 13.7 Å². The van der Waals surface area contributed by atoms with Gasteiger partial charge in [0.15, 0.2) is 10.5 Å². The molecule has 0 saturated carbocycles. The van der Waals surface area contributed by atoms with E-state index >= 15 is 0 Å². The Kier molecular flexibility index (Phi) is 7.68. The fourth-order valence-electron chi connectivity index (χ4n) is 0.706. The molecular weight excluding hydrogens is 329 g/mol. The molecule has 2 unspecified atom stereocenters. The lowest BCUT2D eigenvalue weighted by Gasteiger charge is -2.19. The molecule has 0 aromatic heterocycles. The van der Waals surface area contributed by atoms with Crippen molar-refractivity contribution in [2.45, 2.75) is 19.8 Å². The first-order valence-corrected chi connectivity index (χ1v) is 9.95. The van der Waals surface area contributed by atoms with E-state index in [0.29, 0.717) is 12.8 Å². The largest absolute Gasteiger partial charge is 0.490 e. The molecule has 110 valence electrons. The molecule has 14 heteroatoms. The normalized spacial score (nSPS) is 19.3. The van der Waals surface area contributed by atoms with Crippen LogP contribution in [0.3, 0.4) is 0 Å². The third-order valence-electron chi connectivity index (χ3n) is 1.38. The number of unbranched alkanes of at least 4 members (excludes halogenated alkanes) is 1. The molecule has 0 aromatic rings. The van der Waals surface area contributed by atoms with Gasteiger partial charge in [-0.3, -0.25) is 4.52 Å². The van der Waals surface area contributed by atoms with Crippen LogP contribution in [-0.2, 0) is 31.1 Å². The summed E-state index contributed by atoms with van der Waals surface area (Å²) < 4.78 is 49.8. The van der Waals surface area contributed by atoms with E-state index in [-0.39, 0.29) is 17.1 Å². The van der Waals surface area contributed by atoms with Gasteiger partial charge in [0.05, 0.1) is 6.61 Å². The minimum Gasteiger partial charge on any atom is -0.341 e. The standard InChI is InChI=1S/C4H15O10P3Si/c1-2-3-4-11-17(10,14-18)13-16(8,9)12-15(5,6)7/h2-4H2,1,18H3,(H,8,9)(H2,5,6,7). The molecule has 2 atom stereocenters. The van der Waals surface area contributed by atoms with Gasteiger partial charge >= 0.3 is 23.5 Å². The molecule has 0 amide bonds. The summed E-state index contributed by atoms with van der Waals surface area (Å²) in [5.41, 5.74) is 0. The molecule has 0 fully saturated rings. The predicted molar refractivity (Wildman–Crippen MR) is 63.5 cm³/mol. The zero-order valence-corrected chi connectivity index (χ0v) is 14.3. The number of hydrogen-bond donors (Lipinski definition) is 3. The Morgan fingerprint density at radius 1 is 1.11 bits per heavy atom. The van der Waals surface area contributed by atoms with E-state index in [0.717, 1.165) is 0 Å². The molecule has 0 aliphatic rings. The van der Waals surface area contributed by atoms with Crippen molar-refractivity contribution in [1.29, 1.82) is 0 Å². The monoisotopic (exact) mass is 344 g/mol. The van der Waals surface area contributed by atoms with Crippen molar-refractivity contribution in [3.63, 3.8) is 0 Å². The van der Waals surface area contributed by atoms with Gasteiger partial charge in [-0.2, -0.15) is 8.62 Å². The van der Waals surface area contributed by atoms with Gasteiger partial charge in [0.1, 0.15) is 0 Å². The summed E-state index contributed by atoms with van der Waals surface area (Å²) in [6, 6.07) is 0. The Morgan fingerprint density at radius 3 is 2.06 bits per heavy atom. The van der Waals surface area contributed by atoms with Crippen molar-refractivity contribution in [3.05, 3.63) is 0 Å². The van der Waals surface area contributed by atoms with Crippen LogP contribution < -0.4 is 0 Å². The number of hydrogen-bond acceptors (Lipinski definition) is 7. The second-order valence-electron chi connectivity index (χ2n) is 2.94. The van der Waals surface area contributed by atoms with E-state index < -0.39 is 23.5 Å². The summed E-state index contributed by atoms with van der Waals surface area (Å²) in [6.45, 7) is 1.76. The molecule has 0 aromatic carbocycles. The van der Waals surface area contributed by atoms with Crippen molar-refractivity contribution in [1.82, 2.24) is 0 Å². The third kappa shape index (κ3) is 8.68. The Morgan fingerprint density at radius 2 is 1.67 bits per heavy atom. The van der Waals surface area contributed by atoms with Gasteiger partial charge in [-0.1, -0.05) is 13.3 Å². The maximum atomic E-state index is 11.7. The zero-order chi connectivity index (χ0) is 14.4. The van der Waals surface area contributed by atoms with Crippen molar-refractivity contribution in [3.8, 4) is 0 Å². The molecule has 0 rings (SSSR count). The van der Waals surface area contributed by atoms with Crippen molar-refractivity contribution in [2.75, 3.05) is 6.61 Å². The molecule has 3 N–H and O–H groups in total. The minimum absolute atomic E-state index is 0.0636. The highest BCUT2D eigenvalue weighted by Crippen LogP contribution is 2.67. The molecule has 0 heterocycles. The van der Waals surface area contributed by atoms with Gasteiger partial charge in [0.2, 0.25) is 0 Å². The average Bonchev–Trinajstić information content (AvgIpc) is 2.13. The first kappa shape index (κ1) is 18.6.